The third-order valence-corrected chi connectivity index (χ3v) is 5.91. The van der Waals surface area contributed by atoms with Gasteiger partial charge < -0.3 is 0 Å². The number of nitrogens with one attached hydrogen (secondary N) is 1. The van der Waals surface area contributed by atoms with Gasteiger partial charge in [0.2, 0.25) is 0 Å². The van der Waals surface area contributed by atoms with Gasteiger partial charge in [0, 0.05) is 29.7 Å². The van der Waals surface area contributed by atoms with E-state index in [4.69, 9.17) is 0 Å². The van der Waals surface area contributed by atoms with Crippen molar-refractivity contribution in [2.24, 2.45) is 0 Å². The first-order valence-corrected chi connectivity index (χ1v) is 10.1. The molecule has 4 rings (SSSR count). The normalized spacial score (nSPS) is 17.1. The number of nitrogens with zero attached hydrogens (tertiary/aromatic N) is 2. The van der Waals surface area contributed by atoms with E-state index in [0.29, 0.717) is 16.6 Å². The number of carbonyl (C=O) groups excluding carboxylic acids is 1. The summed E-state index contributed by atoms with van der Waals surface area (Å²) in [6.45, 7) is 5.08. The molecule has 1 aliphatic heterocycles. The van der Waals surface area contributed by atoms with E-state index in [1.54, 1.807) is 11.3 Å². The van der Waals surface area contributed by atoms with Crippen LogP contribution >= 0.6 is 11.3 Å². The van der Waals surface area contributed by atoms with Crippen molar-refractivity contribution in [2.75, 3.05) is 18.4 Å². The minimum atomic E-state index is -0.110. The Morgan fingerprint density at radius 2 is 1.96 bits per heavy atom. The van der Waals surface area contributed by atoms with Crippen molar-refractivity contribution in [1.82, 2.24) is 9.88 Å². The Hall–Kier alpha value is -2.50. The number of likely N-dealkylation sites (tertiary alicyclic amines) is 1. The van der Waals surface area contributed by atoms with E-state index in [0.717, 1.165) is 25.2 Å². The molecule has 4 nitrogen and oxygen atoms in total. The maximum absolute atomic E-state index is 12.3. The van der Waals surface area contributed by atoms with Crippen LogP contribution in [0.4, 0.5) is 5.13 Å². The van der Waals surface area contributed by atoms with Gasteiger partial charge in [-0.15, -0.1) is 11.3 Å². The van der Waals surface area contributed by atoms with E-state index < -0.39 is 0 Å². The van der Waals surface area contributed by atoms with Crippen LogP contribution < -0.4 is 5.32 Å². The van der Waals surface area contributed by atoms with E-state index in [1.807, 2.05) is 37.4 Å². The Balaban J connectivity index is 1.33. The monoisotopic (exact) mass is 377 g/mol. The second kappa shape index (κ2) is 8.03. The van der Waals surface area contributed by atoms with Crippen molar-refractivity contribution in [3.63, 3.8) is 0 Å². The number of hydrogen-bond donors (Lipinski definition) is 1. The standard InChI is InChI=1S/C22H23N3OS/c1-16-7-9-18(10-8-16)21(26)24-22-23-13-20(27-22)15-25-12-11-19(14-25)17-5-3-2-4-6-17/h2-10,13,19H,11-12,14-15H2,1H3,(H,23,24,26). The van der Waals surface area contributed by atoms with Crippen LogP contribution in [0.1, 0.15) is 38.7 Å². The van der Waals surface area contributed by atoms with Gasteiger partial charge in [0.15, 0.2) is 5.13 Å². The molecule has 1 aromatic heterocycles. The highest BCUT2D eigenvalue weighted by molar-refractivity contribution is 7.15. The molecule has 2 heterocycles. The maximum Gasteiger partial charge on any atom is 0.257 e. The molecule has 0 aliphatic carbocycles. The molecule has 0 bridgehead atoms. The van der Waals surface area contributed by atoms with Crippen molar-refractivity contribution >= 4 is 22.4 Å². The third-order valence-electron chi connectivity index (χ3n) is 5.01. The van der Waals surface area contributed by atoms with Gasteiger partial charge >= 0.3 is 0 Å². The SMILES string of the molecule is Cc1ccc(C(=O)Nc2ncc(CN3CCC(c4ccccc4)C3)s2)cc1. The van der Waals surface area contributed by atoms with Gasteiger partial charge in [0.25, 0.3) is 5.91 Å². The molecule has 5 heteroatoms. The first kappa shape index (κ1) is 17.9. The summed E-state index contributed by atoms with van der Waals surface area (Å²) in [4.78, 5) is 20.4. The number of carbonyl (C=O) groups is 1. The summed E-state index contributed by atoms with van der Waals surface area (Å²) >= 11 is 1.56. The van der Waals surface area contributed by atoms with Crippen molar-refractivity contribution in [2.45, 2.75) is 25.8 Å². The van der Waals surface area contributed by atoms with Gasteiger partial charge in [0.1, 0.15) is 0 Å². The molecule has 1 saturated heterocycles. The number of benzene rings is 2. The van der Waals surface area contributed by atoms with Gasteiger partial charge in [-0.25, -0.2) is 4.98 Å². The molecule has 2 aromatic carbocycles. The lowest BCUT2D eigenvalue weighted by Crippen LogP contribution is -2.19. The quantitative estimate of drug-likeness (QED) is 0.701. The van der Waals surface area contributed by atoms with Crippen LogP contribution in [-0.2, 0) is 6.54 Å². The second-order valence-electron chi connectivity index (χ2n) is 7.08. The van der Waals surface area contributed by atoms with E-state index in [9.17, 15) is 4.79 Å². The molecular formula is C22H23N3OS. The minimum absolute atomic E-state index is 0.110. The molecule has 3 aromatic rings. The Morgan fingerprint density at radius 1 is 1.19 bits per heavy atom. The van der Waals surface area contributed by atoms with Crippen LogP contribution in [0.2, 0.25) is 0 Å². The van der Waals surface area contributed by atoms with Crippen LogP contribution in [0.3, 0.4) is 0 Å². The Kier molecular flexibility index (Phi) is 5.32. The van der Waals surface area contributed by atoms with E-state index >= 15 is 0 Å². The maximum atomic E-state index is 12.3. The number of amides is 1. The molecule has 1 aliphatic rings. The highest BCUT2D eigenvalue weighted by atomic mass is 32.1. The zero-order valence-electron chi connectivity index (χ0n) is 15.4. The molecule has 1 unspecified atom stereocenters. The van der Waals surface area contributed by atoms with E-state index in [2.05, 4.69) is 45.5 Å². The summed E-state index contributed by atoms with van der Waals surface area (Å²) in [5, 5.41) is 3.57. The number of aryl methyl sites for hydroxylation is 1. The third kappa shape index (κ3) is 4.43. The summed E-state index contributed by atoms with van der Waals surface area (Å²) < 4.78 is 0. The summed E-state index contributed by atoms with van der Waals surface area (Å²) in [6, 6.07) is 18.3. The number of anilines is 1. The molecule has 1 atom stereocenters. The van der Waals surface area contributed by atoms with Gasteiger partial charge in [-0.1, -0.05) is 48.0 Å². The molecule has 0 radical (unpaired) electrons. The predicted octanol–water partition coefficient (Wildman–Crippen LogP) is 4.69. The zero-order chi connectivity index (χ0) is 18.6. The summed E-state index contributed by atoms with van der Waals surface area (Å²) in [5.74, 6) is 0.501. The van der Waals surface area contributed by atoms with E-state index in [-0.39, 0.29) is 5.91 Å². The predicted molar refractivity (Wildman–Crippen MR) is 110 cm³/mol. The summed E-state index contributed by atoms with van der Waals surface area (Å²) in [7, 11) is 0. The van der Waals surface area contributed by atoms with Crippen LogP contribution in [0, 0.1) is 6.92 Å². The highest BCUT2D eigenvalue weighted by Crippen LogP contribution is 2.29. The fourth-order valence-corrected chi connectivity index (χ4v) is 4.36. The molecule has 0 spiro atoms. The second-order valence-corrected chi connectivity index (χ2v) is 8.20. The van der Waals surface area contributed by atoms with Gasteiger partial charge in [-0.05, 0) is 43.5 Å². The number of thiazole rings is 1. The molecule has 1 fully saturated rings. The Bertz CT molecular complexity index is 905. The lowest BCUT2D eigenvalue weighted by atomic mass is 9.99. The van der Waals surface area contributed by atoms with Crippen molar-refractivity contribution < 1.29 is 4.79 Å². The summed E-state index contributed by atoms with van der Waals surface area (Å²) in [5.41, 5.74) is 3.22. The summed E-state index contributed by atoms with van der Waals surface area (Å²) in [6.07, 6.45) is 3.07. The topological polar surface area (TPSA) is 45.2 Å². The molecule has 1 N–H and O–H groups in total. The molecular weight excluding hydrogens is 354 g/mol. The lowest BCUT2D eigenvalue weighted by Gasteiger charge is -2.14. The van der Waals surface area contributed by atoms with E-state index in [1.165, 1.54) is 16.9 Å². The average molecular weight is 378 g/mol. The first-order chi connectivity index (χ1) is 13.2. The van der Waals surface area contributed by atoms with Gasteiger partial charge in [-0.2, -0.15) is 0 Å². The van der Waals surface area contributed by atoms with Gasteiger partial charge in [0.05, 0.1) is 0 Å². The molecule has 27 heavy (non-hydrogen) atoms. The average Bonchev–Trinajstić information content (AvgIpc) is 3.33. The molecule has 138 valence electrons. The van der Waals surface area contributed by atoms with Crippen molar-refractivity contribution in [3.8, 4) is 0 Å². The van der Waals surface area contributed by atoms with Crippen LogP contribution in [0.5, 0.6) is 0 Å². The van der Waals surface area contributed by atoms with Crippen LogP contribution in [-0.4, -0.2) is 28.9 Å². The largest absolute Gasteiger partial charge is 0.298 e. The lowest BCUT2D eigenvalue weighted by molar-refractivity contribution is 0.102. The fraction of sp³-hybridized carbons (Fsp3) is 0.273. The minimum Gasteiger partial charge on any atom is -0.298 e. The first-order valence-electron chi connectivity index (χ1n) is 9.27. The zero-order valence-corrected chi connectivity index (χ0v) is 16.2. The number of aromatic nitrogens is 1. The smallest absolute Gasteiger partial charge is 0.257 e. The highest BCUT2D eigenvalue weighted by Gasteiger charge is 2.24. The number of rotatable bonds is 5. The Morgan fingerprint density at radius 3 is 2.74 bits per heavy atom. The molecule has 1 amide bonds. The van der Waals surface area contributed by atoms with Crippen LogP contribution in [0.25, 0.3) is 0 Å². The molecule has 0 saturated carbocycles. The van der Waals surface area contributed by atoms with Crippen molar-refractivity contribution in [1.29, 1.82) is 0 Å². The van der Waals surface area contributed by atoms with Gasteiger partial charge in [-0.3, -0.25) is 15.0 Å². The van der Waals surface area contributed by atoms with Crippen LogP contribution in [0.15, 0.2) is 60.8 Å². The Labute approximate surface area is 163 Å². The number of hydrogen-bond acceptors (Lipinski definition) is 4. The fourth-order valence-electron chi connectivity index (χ4n) is 3.51. The van der Waals surface area contributed by atoms with Crippen molar-refractivity contribution in [3.05, 3.63) is 82.4 Å².